The Balaban J connectivity index is 2.42. The smallest absolute Gasteiger partial charge is 0.135 e. The van der Waals surface area contributed by atoms with Crippen molar-refractivity contribution < 1.29 is 14.6 Å². The van der Waals surface area contributed by atoms with Gasteiger partial charge in [0.05, 0.1) is 19.1 Å². The molecule has 0 aliphatic carbocycles. The first-order chi connectivity index (χ1) is 9.08. The number of thiophene rings is 1. The van der Waals surface area contributed by atoms with Crippen LogP contribution in [0.3, 0.4) is 0 Å². The molecule has 2 rings (SSSR count). The van der Waals surface area contributed by atoms with Crippen molar-refractivity contribution in [2.45, 2.75) is 20.0 Å². The predicted molar refractivity (Wildman–Crippen MR) is 77.4 cm³/mol. The summed E-state index contributed by atoms with van der Waals surface area (Å²) in [4.78, 5) is 0.825. The van der Waals surface area contributed by atoms with Crippen LogP contribution in [-0.2, 0) is 0 Å². The molecule has 2 aromatic rings. The maximum Gasteiger partial charge on any atom is 0.135 e. The van der Waals surface area contributed by atoms with Crippen molar-refractivity contribution in [3.05, 3.63) is 45.1 Å². The largest absolute Gasteiger partial charge is 0.496 e. The van der Waals surface area contributed by atoms with Crippen LogP contribution in [0.2, 0.25) is 0 Å². The number of methoxy groups -OCH3 is 2. The third kappa shape index (κ3) is 2.60. The Morgan fingerprint density at radius 1 is 1.11 bits per heavy atom. The molecule has 102 valence electrons. The standard InChI is InChI=1S/C15H18O3S/c1-9-7-11(8-10(2)14(9)18-4)13(16)15-12(17-3)5-6-19-15/h5-8,13,16H,1-4H3. The van der Waals surface area contributed by atoms with Gasteiger partial charge in [0, 0.05) is 0 Å². The van der Waals surface area contributed by atoms with E-state index in [4.69, 9.17) is 9.47 Å². The number of aliphatic hydroxyl groups excluding tert-OH is 1. The molecular weight excluding hydrogens is 260 g/mol. The lowest BCUT2D eigenvalue weighted by Gasteiger charge is -2.15. The minimum atomic E-state index is -0.668. The third-order valence-electron chi connectivity index (χ3n) is 3.13. The summed E-state index contributed by atoms with van der Waals surface area (Å²) in [7, 11) is 3.27. The molecule has 19 heavy (non-hydrogen) atoms. The van der Waals surface area contributed by atoms with Crippen LogP contribution in [0.1, 0.15) is 27.7 Å². The zero-order valence-corrected chi connectivity index (χ0v) is 12.4. The molecule has 1 N–H and O–H groups in total. The fourth-order valence-corrected chi connectivity index (χ4v) is 3.16. The van der Waals surface area contributed by atoms with Crippen molar-refractivity contribution in [1.82, 2.24) is 0 Å². The quantitative estimate of drug-likeness (QED) is 0.930. The highest BCUT2D eigenvalue weighted by Gasteiger charge is 2.18. The molecule has 0 saturated heterocycles. The summed E-state index contributed by atoms with van der Waals surface area (Å²) in [5.41, 5.74) is 2.90. The van der Waals surface area contributed by atoms with Gasteiger partial charge in [-0.2, -0.15) is 0 Å². The van der Waals surface area contributed by atoms with Gasteiger partial charge >= 0.3 is 0 Å². The second-order valence-electron chi connectivity index (χ2n) is 4.44. The summed E-state index contributed by atoms with van der Waals surface area (Å²) in [6.45, 7) is 3.96. The lowest BCUT2D eigenvalue weighted by Crippen LogP contribution is -2.02. The molecule has 1 heterocycles. The van der Waals surface area contributed by atoms with Gasteiger partial charge in [-0.15, -0.1) is 11.3 Å². The van der Waals surface area contributed by atoms with Crippen LogP contribution >= 0.6 is 11.3 Å². The molecule has 0 aliphatic rings. The van der Waals surface area contributed by atoms with Crippen molar-refractivity contribution >= 4 is 11.3 Å². The number of ether oxygens (including phenoxy) is 2. The van der Waals surface area contributed by atoms with Gasteiger partial charge in [0.25, 0.3) is 0 Å². The van der Waals surface area contributed by atoms with E-state index in [9.17, 15) is 5.11 Å². The maximum atomic E-state index is 10.5. The van der Waals surface area contributed by atoms with Gasteiger partial charge < -0.3 is 14.6 Å². The van der Waals surface area contributed by atoms with Crippen LogP contribution in [0, 0.1) is 13.8 Å². The zero-order chi connectivity index (χ0) is 14.0. The summed E-state index contributed by atoms with van der Waals surface area (Å²) in [6.07, 6.45) is -0.668. The Morgan fingerprint density at radius 2 is 1.74 bits per heavy atom. The first-order valence-electron chi connectivity index (χ1n) is 6.03. The zero-order valence-electron chi connectivity index (χ0n) is 11.6. The van der Waals surface area contributed by atoms with Gasteiger partial charge in [-0.1, -0.05) is 0 Å². The maximum absolute atomic E-state index is 10.5. The van der Waals surface area contributed by atoms with E-state index in [0.717, 1.165) is 33.1 Å². The molecule has 0 aliphatic heterocycles. The molecule has 1 atom stereocenters. The Bertz CT molecular complexity index is 552. The van der Waals surface area contributed by atoms with E-state index in [1.165, 1.54) is 11.3 Å². The van der Waals surface area contributed by atoms with E-state index in [1.54, 1.807) is 14.2 Å². The number of hydrogen-bond acceptors (Lipinski definition) is 4. The van der Waals surface area contributed by atoms with E-state index < -0.39 is 6.10 Å². The lowest BCUT2D eigenvalue weighted by molar-refractivity contribution is 0.219. The minimum Gasteiger partial charge on any atom is -0.496 e. The lowest BCUT2D eigenvalue weighted by atomic mass is 10.0. The van der Waals surface area contributed by atoms with Crippen LogP contribution in [0.4, 0.5) is 0 Å². The monoisotopic (exact) mass is 278 g/mol. The van der Waals surface area contributed by atoms with Gasteiger partial charge in [-0.05, 0) is 54.1 Å². The molecule has 0 spiro atoms. The molecule has 0 fully saturated rings. The molecule has 1 aromatic carbocycles. The van der Waals surface area contributed by atoms with E-state index in [-0.39, 0.29) is 0 Å². The van der Waals surface area contributed by atoms with Crippen molar-refractivity contribution in [1.29, 1.82) is 0 Å². The molecule has 4 heteroatoms. The molecular formula is C15H18O3S. The number of aryl methyl sites for hydroxylation is 2. The molecule has 3 nitrogen and oxygen atoms in total. The van der Waals surface area contributed by atoms with Crippen molar-refractivity contribution in [2.24, 2.45) is 0 Å². The average Bonchev–Trinajstić information content (AvgIpc) is 2.85. The number of hydrogen-bond donors (Lipinski definition) is 1. The van der Waals surface area contributed by atoms with Gasteiger partial charge in [-0.25, -0.2) is 0 Å². The first-order valence-corrected chi connectivity index (χ1v) is 6.91. The van der Waals surface area contributed by atoms with Gasteiger partial charge in [0.2, 0.25) is 0 Å². The number of aliphatic hydroxyl groups is 1. The van der Waals surface area contributed by atoms with E-state index in [1.807, 2.05) is 37.4 Å². The molecule has 0 amide bonds. The first kappa shape index (κ1) is 13.9. The molecule has 0 bridgehead atoms. The van der Waals surface area contributed by atoms with Crippen LogP contribution < -0.4 is 9.47 Å². The Hall–Kier alpha value is -1.52. The third-order valence-corrected chi connectivity index (χ3v) is 4.08. The highest BCUT2D eigenvalue weighted by molar-refractivity contribution is 7.10. The van der Waals surface area contributed by atoms with Crippen LogP contribution in [-0.4, -0.2) is 19.3 Å². The van der Waals surface area contributed by atoms with Crippen molar-refractivity contribution in [3.8, 4) is 11.5 Å². The topological polar surface area (TPSA) is 38.7 Å². The predicted octanol–water partition coefficient (Wildman–Crippen LogP) is 3.46. The number of benzene rings is 1. The van der Waals surface area contributed by atoms with Crippen LogP contribution in [0.15, 0.2) is 23.6 Å². The summed E-state index contributed by atoms with van der Waals surface area (Å²) in [6, 6.07) is 5.78. The SMILES string of the molecule is COc1ccsc1C(O)c1cc(C)c(OC)c(C)c1. The Labute approximate surface area is 117 Å². The average molecular weight is 278 g/mol. The van der Waals surface area contributed by atoms with E-state index in [0.29, 0.717) is 0 Å². The highest BCUT2D eigenvalue weighted by atomic mass is 32.1. The molecule has 0 radical (unpaired) electrons. The van der Waals surface area contributed by atoms with Crippen molar-refractivity contribution in [3.63, 3.8) is 0 Å². The summed E-state index contributed by atoms with van der Waals surface area (Å²) >= 11 is 1.49. The van der Waals surface area contributed by atoms with E-state index in [2.05, 4.69) is 0 Å². The summed E-state index contributed by atoms with van der Waals surface area (Å²) in [5.74, 6) is 1.60. The second-order valence-corrected chi connectivity index (χ2v) is 5.39. The Morgan fingerprint density at radius 3 is 2.26 bits per heavy atom. The fourth-order valence-electron chi connectivity index (χ4n) is 2.29. The fraction of sp³-hybridized carbons (Fsp3) is 0.333. The summed E-state index contributed by atoms with van der Waals surface area (Å²) in [5, 5.41) is 12.4. The van der Waals surface area contributed by atoms with Gasteiger partial charge in [0.15, 0.2) is 0 Å². The van der Waals surface area contributed by atoms with Crippen molar-refractivity contribution in [2.75, 3.05) is 14.2 Å². The normalized spacial score (nSPS) is 12.3. The van der Waals surface area contributed by atoms with Gasteiger partial charge in [0.1, 0.15) is 17.6 Å². The molecule has 0 saturated carbocycles. The second kappa shape index (κ2) is 5.63. The van der Waals surface area contributed by atoms with E-state index >= 15 is 0 Å². The highest BCUT2D eigenvalue weighted by Crippen LogP contribution is 2.36. The molecule has 1 unspecified atom stereocenters. The Kier molecular flexibility index (Phi) is 4.12. The summed E-state index contributed by atoms with van der Waals surface area (Å²) < 4.78 is 10.6. The van der Waals surface area contributed by atoms with Gasteiger partial charge in [-0.3, -0.25) is 0 Å². The van der Waals surface area contributed by atoms with Crippen LogP contribution in [0.5, 0.6) is 11.5 Å². The van der Waals surface area contributed by atoms with Crippen LogP contribution in [0.25, 0.3) is 0 Å². The molecule has 1 aromatic heterocycles. The number of rotatable bonds is 4. The minimum absolute atomic E-state index is 0.668.